The Labute approximate surface area is 161 Å². The molecule has 7 nitrogen and oxygen atoms in total. The summed E-state index contributed by atoms with van der Waals surface area (Å²) in [5.74, 6) is -0.613. The first-order chi connectivity index (χ1) is 13.2. The number of hydrogen-bond acceptors (Lipinski definition) is 8. The lowest BCUT2D eigenvalue weighted by atomic mass is 10.0. The quantitative estimate of drug-likeness (QED) is 0.310. The monoisotopic (exact) mass is 396 g/mol. The third-order valence-corrected chi connectivity index (χ3v) is 5.60. The van der Waals surface area contributed by atoms with Crippen LogP contribution in [-0.4, -0.2) is 33.3 Å². The Hall–Kier alpha value is -3.04. The highest BCUT2D eigenvalue weighted by molar-refractivity contribution is 8.00. The molecular weight excluding hydrogens is 384 g/mol. The molecule has 0 fully saturated rings. The van der Waals surface area contributed by atoms with Gasteiger partial charge in [0.1, 0.15) is 5.52 Å². The van der Waals surface area contributed by atoms with Gasteiger partial charge in [-0.05, 0) is 24.5 Å². The van der Waals surface area contributed by atoms with Crippen molar-refractivity contribution in [3.63, 3.8) is 0 Å². The predicted molar refractivity (Wildman–Crippen MR) is 104 cm³/mol. The second-order valence-corrected chi connectivity index (χ2v) is 7.50. The van der Waals surface area contributed by atoms with Crippen LogP contribution in [0.2, 0.25) is 0 Å². The van der Waals surface area contributed by atoms with E-state index in [2.05, 4.69) is 20.7 Å². The Balaban J connectivity index is 1.65. The summed E-state index contributed by atoms with van der Waals surface area (Å²) in [5.41, 5.74) is 1.51. The molecule has 4 rings (SSSR count). The molecule has 0 aliphatic carbocycles. The van der Waals surface area contributed by atoms with Crippen LogP contribution in [0.3, 0.4) is 0 Å². The lowest BCUT2D eigenvalue weighted by Crippen LogP contribution is -2.11. The zero-order chi connectivity index (χ0) is 18.8. The SMILES string of the molecule is CSc1nnc(NC(=O)c2onc3ccc(C(=O)c4ccccc4)cc23)s1. The number of thioether (sulfide) groups is 1. The van der Waals surface area contributed by atoms with E-state index in [1.165, 1.54) is 23.1 Å². The zero-order valence-corrected chi connectivity index (χ0v) is 15.6. The topological polar surface area (TPSA) is 98.0 Å². The van der Waals surface area contributed by atoms with Crippen molar-refractivity contribution >= 4 is 50.8 Å². The van der Waals surface area contributed by atoms with Gasteiger partial charge >= 0.3 is 0 Å². The summed E-state index contributed by atoms with van der Waals surface area (Å²) in [7, 11) is 0. The van der Waals surface area contributed by atoms with Crippen molar-refractivity contribution < 1.29 is 14.1 Å². The Morgan fingerprint density at radius 3 is 2.63 bits per heavy atom. The van der Waals surface area contributed by atoms with E-state index >= 15 is 0 Å². The van der Waals surface area contributed by atoms with Gasteiger partial charge in [-0.1, -0.05) is 58.6 Å². The van der Waals surface area contributed by atoms with E-state index in [0.29, 0.717) is 27.2 Å². The molecule has 0 aliphatic heterocycles. The van der Waals surface area contributed by atoms with Gasteiger partial charge in [0.05, 0.1) is 5.39 Å². The fourth-order valence-corrected chi connectivity index (χ4v) is 3.66. The molecule has 134 valence electrons. The second-order valence-electron chi connectivity index (χ2n) is 5.47. The highest BCUT2D eigenvalue weighted by atomic mass is 32.2. The number of aromatic nitrogens is 3. The van der Waals surface area contributed by atoms with E-state index in [9.17, 15) is 9.59 Å². The number of amides is 1. The number of hydrogen-bond donors (Lipinski definition) is 1. The van der Waals surface area contributed by atoms with Gasteiger partial charge < -0.3 is 4.52 Å². The highest BCUT2D eigenvalue weighted by Crippen LogP contribution is 2.26. The number of nitrogens with one attached hydrogen (secondary N) is 1. The van der Waals surface area contributed by atoms with Crippen LogP contribution >= 0.6 is 23.1 Å². The van der Waals surface area contributed by atoms with Gasteiger partial charge in [0.15, 0.2) is 10.1 Å². The number of ketones is 1. The summed E-state index contributed by atoms with van der Waals surface area (Å²) in [6, 6.07) is 13.9. The molecule has 0 atom stereocenters. The van der Waals surface area contributed by atoms with Crippen molar-refractivity contribution in [1.29, 1.82) is 0 Å². The van der Waals surface area contributed by atoms with Crippen LogP contribution in [0.15, 0.2) is 57.4 Å². The third kappa shape index (κ3) is 3.46. The molecule has 2 aromatic carbocycles. The first kappa shape index (κ1) is 17.4. The average molecular weight is 396 g/mol. The summed E-state index contributed by atoms with van der Waals surface area (Å²) >= 11 is 2.70. The van der Waals surface area contributed by atoms with Gasteiger partial charge in [-0.3, -0.25) is 14.9 Å². The molecule has 0 bridgehead atoms. The number of anilines is 1. The van der Waals surface area contributed by atoms with Crippen LogP contribution in [0.4, 0.5) is 5.13 Å². The summed E-state index contributed by atoms with van der Waals surface area (Å²) in [5, 5.41) is 15.2. The Morgan fingerprint density at radius 2 is 1.89 bits per heavy atom. The fraction of sp³-hybridized carbons (Fsp3) is 0.0556. The fourth-order valence-electron chi connectivity index (χ4n) is 2.50. The zero-order valence-electron chi connectivity index (χ0n) is 14.0. The van der Waals surface area contributed by atoms with E-state index in [-0.39, 0.29) is 11.5 Å². The number of benzene rings is 2. The van der Waals surface area contributed by atoms with Gasteiger partial charge in [0, 0.05) is 11.1 Å². The van der Waals surface area contributed by atoms with E-state index in [0.717, 1.165) is 4.34 Å². The first-order valence-electron chi connectivity index (χ1n) is 7.84. The minimum absolute atomic E-state index is 0.0219. The minimum atomic E-state index is -0.495. The molecule has 4 aromatic rings. The van der Waals surface area contributed by atoms with Crippen LogP contribution < -0.4 is 5.32 Å². The molecule has 1 N–H and O–H groups in total. The Morgan fingerprint density at radius 1 is 1.07 bits per heavy atom. The van der Waals surface area contributed by atoms with Gasteiger partial charge in [-0.15, -0.1) is 10.2 Å². The van der Waals surface area contributed by atoms with Crippen molar-refractivity contribution in [3.8, 4) is 0 Å². The van der Waals surface area contributed by atoms with Crippen molar-refractivity contribution in [1.82, 2.24) is 15.4 Å². The lowest BCUT2D eigenvalue weighted by molar-refractivity contribution is 0.0988. The maximum atomic E-state index is 12.6. The number of fused-ring (bicyclic) bond motifs is 1. The summed E-state index contributed by atoms with van der Waals surface area (Å²) in [6.45, 7) is 0. The Bertz CT molecular complexity index is 1140. The normalized spacial score (nSPS) is 10.9. The first-order valence-corrected chi connectivity index (χ1v) is 9.88. The smallest absolute Gasteiger partial charge is 0.296 e. The van der Waals surface area contributed by atoms with E-state index in [4.69, 9.17) is 4.52 Å². The molecule has 0 saturated heterocycles. The number of carbonyl (C=O) groups is 2. The van der Waals surface area contributed by atoms with Crippen molar-refractivity contribution in [3.05, 3.63) is 65.4 Å². The molecule has 0 radical (unpaired) electrons. The molecule has 27 heavy (non-hydrogen) atoms. The minimum Gasteiger partial charge on any atom is -0.350 e. The van der Waals surface area contributed by atoms with E-state index < -0.39 is 5.91 Å². The van der Waals surface area contributed by atoms with Crippen LogP contribution in [0.25, 0.3) is 10.9 Å². The van der Waals surface area contributed by atoms with Gasteiger partial charge in [0.2, 0.25) is 10.9 Å². The highest BCUT2D eigenvalue weighted by Gasteiger charge is 2.20. The van der Waals surface area contributed by atoms with E-state index in [1.54, 1.807) is 42.5 Å². The van der Waals surface area contributed by atoms with Gasteiger partial charge in [-0.2, -0.15) is 0 Å². The van der Waals surface area contributed by atoms with Crippen molar-refractivity contribution in [2.24, 2.45) is 0 Å². The number of carbonyl (C=O) groups excluding carboxylic acids is 2. The van der Waals surface area contributed by atoms with Crippen LogP contribution in [0.1, 0.15) is 26.5 Å². The molecule has 1 amide bonds. The average Bonchev–Trinajstić information content (AvgIpc) is 3.34. The molecular formula is C18H12N4O3S2. The summed E-state index contributed by atoms with van der Waals surface area (Å²) < 4.78 is 5.94. The molecule has 2 heterocycles. The summed E-state index contributed by atoms with van der Waals surface area (Å²) in [6.07, 6.45) is 1.88. The van der Waals surface area contributed by atoms with Crippen molar-refractivity contribution in [2.75, 3.05) is 11.6 Å². The number of rotatable bonds is 5. The van der Waals surface area contributed by atoms with Crippen molar-refractivity contribution in [2.45, 2.75) is 4.34 Å². The molecule has 0 unspecified atom stereocenters. The standard InChI is InChI=1S/C18H12N4O3S2/c1-26-18-21-20-17(27-18)19-16(24)15-12-9-11(7-8-13(12)22-25-15)14(23)10-5-3-2-4-6-10/h2-9H,1H3,(H,19,20,24). The maximum absolute atomic E-state index is 12.6. The summed E-state index contributed by atoms with van der Waals surface area (Å²) in [4.78, 5) is 25.2. The lowest BCUT2D eigenvalue weighted by Gasteiger charge is -2.01. The molecule has 2 aromatic heterocycles. The second kappa shape index (κ2) is 7.29. The molecule has 0 spiro atoms. The number of nitrogens with zero attached hydrogens (tertiary/aromatic N) is 3. The molecule has 0 saturated carbocycles. The van der Waals surface area contributed by atoms with E-state index in [1.807, 2.05) is 12.3 Å². The van der Waals surface area contributed by atoms with Crippen LogP contribution in [0, 0.1) is 0 Å². The third-order valence-electron chi connectivity index (χ3n) is 3.78. The maximum Gasteiger partial charge on any atom is 0.296 e. The van der Waals surface area contributed by atoms with Crippen LogP contribution in [0.5, 0.6) is 0 Å². The molecule has 9 heteroatoms. The largest absolute Gasteiger partial charge is 0.350 e. The van der Waals surface area contributed by atoms with Crippen LogP contribution in [-0.2, 0) is 0 Å². The molecule has 0 aliphatic rings. The Kier molecular flexibility index (Phi) is 4.69. The van der Waals surface area contributed by atoms with Gasteiger partial charge in [-0.25, -0.2) is 0 Å². The van der Waals surface area contributed by atoms with Gasteiger partial charge in [0.25, 0.3) is 5.91 Å². The predicted octanol–water partition coefficient (Wildman–Crippen LogP) is 3.88.